The van der Waals surface area contributed by atoms with Crippen LogP contribution in [-0.2, 0) is 11.3 Å². The second kappa shape index (κ2) is 5.01. The molecule has 0 saturated heterocycles. The van der Waals surface area contributed by atoms with Crippen LogP contribution in [0, 0.1) is 6.92 Å². The van der Waals surface area contributed by atoms with Gasteiger partial charge in [0.25, 0.3) is 0 Å². The van der Waals surface area contributed by atoms with Gasteiger partial charge in [-0.1, -0.05) is 17.7 Å². The van der Waals surface area contributed by atoms with E-state index in [2.05, 4.69) is 10.3 Å². The fourth-order valence-corrected chi connectivity index (χ4v) is 1.60. The number of amides is 1. The quantitative estimate of drug-likeness (QED) is 0.909. The molecule has 1 aromatic carbocycles. The number of nitrogens with zero attached hydrogens (tertiary/aromatic N) is 2. The summed E-state index contributed by atoms with van der Waals surface area (Å²) in [6.07, 6.45) is 4.97. The van der Waals surface area contributed by atoms with Gasteiger partial charge in [-0.15, -0.1) is 0 Å². The van der Waals surface area contributed by atoms with E-state index in [-0.39, 0.29) is 12.5 Å². The zero-order valence-electron chi connectivity index (χ0n) is 9.35. The first kappa shape index (κ1) is 11.7. The van der Waals surface area contributed by atoms with Gasteiger partial charge in [0.1, 0.15) is 6.54 Å². The average molecular weight is 250 g/mol. The molecule has 0 bridgehead atoms. The molecule has 5 heteroatoms. The van der Waals surface area contributed by atoms with E-state index in [1.807, 2.05) is 19.1 Å². The smallest absolute Gasteiger partial charge is 0.244 e. The van der Waals surface area contributed by atoms with Gasteiger partial charge >= 0.3 is 0 Å². The van der Waals surface area contributed by atoms with Crippen LogP contribution >= 0.6 is 11.6 Å². The minimum absolute atomic E-state index is 0.108. The number of aromatic nitrogens is 2. The molecule has 0 unspecified atom stereocenters. The van der Waals surface area contributed by atoms with Gasteiger partial charge in [-0.2, -0.15) is 0 Å². The Morgan fingerprint density at radius 2 is 2.35 bits per heavy atom. The largest absolute Gasteiger partial charge is 0.328 e. The Kier molecular flexibility index (Phi) is 3.44. The zero-order chi connectivity index (χ0) is 12.3. The van der Waals surface area contributed by atoms with Crippen molar-refractivity contribution in [3.05, 3.63) is 47.5 Å². The summed E-state index contributed by atoms with van der Waals surface area (Å²) in [6, 6.07) is 5.44. The normalized spacial score (nSPS) is 10.2. The fourth-order valence-electron chi connectivity index (χ4n) is 1.42. The molecular weight excluding hydrogens is 238 g/mol. The number of aryl methyl sites for hydroxylation is 1. The molecule has 1 heterocycles. The van der Waals surface area contributed by atoms with Crippen molar-refractivity contribution in [2.45, 2.75) is 13.5 Å². The van der Waals surface area contributed by atoms with E-state index >= 15 is 0 Å². The Balaban J connectivity index is 2.00. The minimum Gasteiger partial charge on any atom is -0.328 e. The van der Waals surface area contributed by atoms with Crippen LogP contribution in [0.25, 0.3) is 0 Å². The van der Waals surface area contributed by atoms with E-state index in [0.717, 1.165) is 5.56 Å². The summed E-state index contributed by atoms with van der Waals surface area (Å²) < 4.78 is 1.70. The number of hydrogen-bond acceptors (Lipinski definition) is 2. The van der Waals surface area contributed by atoms with Crippen LogP contribution in [0.2, 0.25) is 5.02 Å². The molecule has 0 spiro atoms. The van der Waals surface area contributed by atoms with E-state index in [0.29, 0.717) is 10.7 Å². The Morgan fingerprint density at radius 1 is 1.53 bits per heavy atom. The average Bonchev–Trinajstić information content (AvgIpc) is 2.76. The first-order valence-electron chi connectivity index (χ1n) is 5.17. The minimum atomic E-state index is -0.108. The molecule has 0 fully saturated rings. The van der Waals surface area contributed by atoms with Crippen LogP contribution < -0.4 is 5.32 Å². The highest BCUT2D eigenvalue weighted by Gasteiger charge is 2.04. The maximum absolute atomic E-state index is 11.7. The number of anilines is 1. The highest BCUT2D eigenvalue weighted by atomic mass is 35.5. The Morgan fingerprint density at radius 3 is 3.00 bits per heavy atom. The van der Waals surface area contributed by atoms with Crippen molar-refractivity contribution in [2.24, 2.45) is 0 Å². The van der Waals surface area contributed by atoms with E-state index in [9.17, 15) is 4.79 Å². The number of halogens is 1. The molecule has 0 atom stereocenters. The number of hydrogen-bond donors (Lipinski definition) is 1. The summed E-state index contributed by atoms with van der Waals surface area (Å²) in [5, 5.41) is 3.42. The van der Waals surface area contributed by atoms with Crippen molar-refractivity contribution >= 4 is 23.2 Å². The predicted octanol–water partition coefficient (Wildman–Crippen LogP) is 2.48. The van der Waals surface area contributed by atoms with Gasteiger partial charge in [0, 0.05) is 23.1 Å². The molecule has 17 heavy (non-hydrogen) atoms. The predicted molar refractivity (Wildman–Crippen MR) is 67.0 cm³/mol. The maximum atomic E-state index is 11.7. The molecule has 2 aromatic rings. The lowest BCUT2D eigenvalue weighted by Gasteiger charge is -2.07. The molecule has 0 aliphatic carbocycles. The van der Waals surface area contributed by atoms with Gasteiger partial charge in [0.2, 0.25) is 5.91 Å². The van der Waals surface area contributed by atoms with Crippen molar-refractivity contribution in [1.29, 1.82) is 0 Å². The fraction of sp³-hybridized carbons (Fsp3) is 0.167. The SMILES string of the molecule is Cc1ccc(NC(=O)Cn2ccnc2)cc1Cl. The molecule has 1 amide bonds. The third kappa shape index (κ3) is 3.07. The summed E-state index contributed by atoms with van der Waals surface area (Å²) in [5.41, 5.74) is 1.69. The van der Waals surface area contributed by atoms with Crippen LogP contribution in [0.4, 0.5) is 5.69 Å². The summed E-state index contributed by atoms with van der Waals surface area (Å²) >= 11 is 5.97. The van der Waals surface area contributed by atoms with Crippen LogP contribution in [0.15, 0.2) is 36.9 Å². The third-order valence-corrected chi connectivity index (χ3v) is 2.75. The van der Waals surface area contributed by atoms with Crippen molar-refractivity contribution in [3.63, 3.8) is 0 Å². The first-order chi connectivity index (χ1) is 8.15. The second-order valence-corrected chi connectivity index (χ2v) is 4.15. The lowest BCUT2D eigenvalue weighted by molar-refractivity contribution is -0.116. The number of rotatable bonds is 3. The third-order valence-electron chi connectivity index (χ3n) is 2.34. The van der Waals surface area contributed by atoms with Crippen LogP contribution in [0.5, 0.6) is 0 Å². The van der Waals surface area contributed by atoms with Gasteiger partial charge in [0.15, 0.2) is 0 Å². The van der Waals surface area contributed by atoms with Crippen molar-refractivity contribution < 1.29 is 4.79 Å². The highest BCUT2D eigenvalue weighted by Crippen LogP contribution is 2.19. The molecule has 4 nitrogen and oxygen atoms in total. The second-order valence-electron chi connectivity index (χ2n) is 3.75. The van der Waals surface area contributed by atoms with Crippen LogP contribution in [-0.4, -0.2) is 15.5 Å². The Hall–Kier alpha value is -1.81. The summed E-state index contributed by atoms with van der Waals surface area (Å²) in [6.45, 7) is 2.16. The van der Waals surface area contributed by atoms with E-state index in [4.69, 9.17) is 11.6 Å². The van der Waals surface area contributed by atoms with Gasteiger partial charge in [-0.05, 0) is 24.6 Å². The van der Waals surface area contributed by atoms with Gasteiger partial charge in [-0.3, -0.25) is 4.79 Å². The molecular formula is C12H12ClN3O. The number of imidazole rings is 1. The monoisotopic (exact) mass is 249 g/mol. The van der Waals surface area contributed by atoms with E-state index in [1.54, 1.807) is 29.4 Å². The molecule has 0 aliphatic heterocycles. The molecule has 88 valence electrons. The molecule has 0 saturated carbocycles. The van der Waals surface area contributed by atoms with Gasteiger partial charge in [0.05, 0.1) is 6.33 Å². The lowest BCUT2D eigenvalue weighted by Crippen LogP contribution is -2.17. The highest BCUT2D eigenvalue weighted by molar-refractivity contribution is 6.31. The Bertz CT molecular complexity index is 523. The van der Waals surface area contributed by atoms with E-state index in [1.165, 1.54) is 0 Å². The van der Waals surface area contributed by atoms with Crippen molar-refractivity contribution in [2.75, 3.05) is 5.32 Å². The van der Waals surface area contributed by atoms with Gasteiger partial charge in [-0.25, -0.2) is 4.98 Å². The molecule has 0 aliphatic rings. The number of nitrogens with one attached hydrogen (secondary N) is 1. The molecule has 1 N–H and O–H groups in total. The lowest BCUT2D eigenvalue weighted by atomic mass is 10.2. The standard InChI is InChI=1S/C12H12ClN3O/c1-9-2-3-10(6-11(9)13)15-12(17)7-16-5-4-14-8-16/h2-6,8H,7H2,1H3,(H,15,17). The summed E-state index contributed by atoms with van der Waals surface area (Å²) in [7, 11) is 0. The van der Waals surface area contributed by atoms with Crippen molar-refractivity contribution in [3.8, 4) is 0 Å². The van der Waals surface area contributed by atoms with Crippen LogP contribution in [0.1, 0.15) is 5.56 Å². The van der Waals surface area contributed by atoms with Gasteiger partial charge < -0.3 is 9.88 Å². The number of carbonyl (C=O) groups is 1. The number of benzene rings is 1. The van der Waals surface area contributed by atoms with Crippen molar-refractivity contribution in [1.82, 2.24) is 9.55 Å². The van der Waals surface area contributed by atoms with Crippen LogP contribution in [0.3, 0.4) is 0 Å². The summed E-state index contributed by atoms with van der Waals surface area (Å²) in [4.78, 5) is 15.5. The number of carbonyl (C=O) groups excluding carboxylic acids is 1. The zero-order valence-corrected chi connectivity index (χ0v) is 10.1. The topological polar surface area (TPSA) is 46.9 Å². The molecule has 0 radical (unpaired) electrons. The molecule has 2 rings (SSSR count). The Labute approximate surface area is 104 Å². The maximum Gasteiger partial charge on any atom is 0.244 e. The summed E-state index contributed by atoms with van der Waals surface area (Å²) in [5.74, 6) is -0.108. The molecule has 1 aromatic heterocycles. The van der Waals surface area contributed by atoms with E-state index < -0.39 is 0 Å². The first-order valence-corrected chi connectivity index (χ1v) is 5.55.